The van der Waals surface area contributed by atoms with E-state index in [2.05, 4.69) is 25.9 Å². The molecule has 1 aliphatic heterocycles. The van der Waals surface area contributed by atoms with Crippen LogP contribution in [0.1, 0.15) is 24.6 Å². The van der Waals surface area contributed by atoms with E-state index in [0.717, 1.165) is 37.7 Å². The minimum absolute atomic E-state index is 0.557. The molecule has 0 atom stereocenters. The highest BCUT2D eigenvalue weighted by atomic mass is 15.1. The third-order valence-corrected chi connectivity index (χ3v) is 3.92. The summed E-state index contributed by atoms with van der Waals surface area (Å²) in [5.74, 6) is 1.69. The van der Waals surface area contributed by atoms with E-state index in [1.807, 2.05) is 18.6 Å². The van der Waals surface area contributed by atoms with Crippen LogP contribution in [0.5, 0.6) is 0 Å². The summed E-state index contributed by atoms with van der Waals surface area (Å²) in [6.07, 6.45) is 8.19. The maximum Gasteiger partial charge on any atom is 0.109 e. The zero-order chi connectivity index (χ0) is 13.1. The number of nitrogens with one attached hydrogen (secondary N) is 2. The minimum atomic E-state index is 0.557. The first-order valence-electron chi connectivity index (χ1n) is 6.97. The van der Waals surface area contributed by atoms with Gasteiger partial charge in [0.05, 0.1) is 11.9 Å². The van der Waals surface area contributed by atoms with Crippen LogP contribution in [0.4, 0.5) is 0 Å². The molecule has 2 aromatic heterocycles. The van der Waals surface area contributed by atoms with Crippen molar-refractivity contribution in [1.82, 2.24) is 19.9 Å². The highest BCUT2D eigenvalue weighted by molar-refractivity contribution is 5.57. The van der Waals surface area contributed by atoms with Gasteiger partial charge in [-0.2, -0.15) is 0 Å². The van der Waals surface area contributed by atoms with Crippen molar-refractivity contribution >= 4 is 0 Å². The van der Waals surface area contributed by atoms with E-state index >= 15 is 0 Å². The molecule has 5 nitrogen and oxygen atoms in total. The summed E-state index contributed by atoms with van der Waals surface area (Å²) >= 11 is 0. The van der Waals surface area contributed by atoms with Gasteiger partial charge in [0.15, 0.2) is 0 Å². The highest BCUT2D eigenvalue weighted by Gasteiger charge is 2.22. The van der Waals surface area contributed by atoms with Crippen molar-refractivity contribution in [2.75, 3.05) is 26.2 Å². The van der Waals surface area contributed by atoms with Crippen molar-refractivity contribution in [1.29, 1.82) is 0 Å². The number of piperidine rings is 1. The molecule has 102 valence electrons. The lowest BCUT2D eigenvalue weighted by Gasteiger charge is -2.30. The van der Waals surface area contributed by atoms with Gasteiger partial charge in [0.2, 0.25) is 0 Å². The van der Waals surface area contributed by atoms with Gasteiger partial charge >= 0.3 is 0 Å². The van der Waals surface area contributed by atoms with Gasteiger partial charge in [0.25, 0.3) is 0 Å². The first kappa shape index (κ1) is 12.4. The van der Waals surface area contributed by atoms with E-state index < -0.39 is 0 Å². The van der Waals surface area contributed by atoms with Crippen molar-refractivity contribution in [3.05, 3.63) is 30.5 Å². The fourth-order valence-corrected chi connectivity index (χ4v) is 2.79. The first-order chi connectivity index (χ1) is 9.36. The highest BCUT2D eigenvalue weighted by Crippen LogP contribution is 2.27. The largest absolute Gasteiger partial charge is 0.367 e. The maximum absolute atomic E-state index is 5.60. The number of imidazole rings is 1. The Hall–Kier alpha value is -1.59. The molecular weight excluding hydrogens is 238 g/mol. The van der Waals surface area contributed by atoms with Gasteiger partial charge in [-0.3, -0.25) is 0 Å². The van der Waals surface area contributed by atoms with Gasteiger partial charge < -0.3 is 20.6 Å². The van der Waals surface area contributed by atoms with Crippen LogP contribution in [0.15, 0.2) is 24.7 Å². The van der Waals surface area contributed by atoms with E-state index in [1.54, 1.807) is 0 Å². The fourth-order valence-electron chi connectivity index (χ4n) is 2.79. The van der Waals surface area contributed by atoms with Crippen LogP contribution in [0.3, 0.4) is 0 Å². The number of aromatic amines is 2. The maximum atomic E-state index is 5.60. The van der Waals surface area contributed by atoms with Gasteiger partial charge in [-0.1, -0.05) is 0 Å². The number of H-pyrrole nitrogens is 2. The Morgan fingerprint density at radius 1 is 1.37 bits per heavy atom. The molecule has 1 saturated heterocycles. The van der Waals surface area contributed by atoms with Gasteiger partial charge in [-0.05, 0) is 32.0 Å². The normalized spacial score (nSPS) is 17.9. The van der Waals surface area contributed by atoms with E-state index in [9.17, 15) is 0 Å². The average molecular weight is 259 g/mol. The Morgan fingerprint density at radius 2 is 2.21 bits per heavy atom. The summed E-state index contributed by atoms with van der Waals surface area (Å²) in [6, 6.07) is 2.06. The standard InChI is InChI=1S/C14H21N5/c15-4-8-19-6-2-11(3-7-19)14-17-10-13(18-14)12-1-5-16-9-12/h1,5,9-11,16H,2-4,6-8,15H2,(H,17,18). The van der Waals surface area contributed by atoms with E-state index in [-0.39, 0.29) is 0 Å². The number of hydrogen-bond acceptors (Lipinski definition) is 3. The number of rotatable bonds is 4. The molecular formula is C14H21N5. The molecule has 0 unspecified atom stereocenters. The fraction of sp³-hybridized carbons (Fsp3) is 0.500. The zero-order valence-electron chi connectivity index (χ0n) is 11.1. The Balaban J connectivity index is 1.64. The molecule has 5 heteroatoms. The van der Waals surface area contributed by atoms with E-state index in [4.69, 9.17) is 5.73 Å². The SMILES string of the molecule is NCCN1CCC(c2ncc(-c3cc[nH]c3)[nH]2)CC1. The molecule has 0 aliphatic carbocycles. The van der Waals surface area contributed by atoms with Gasteiger partial charge in [0.1, 0.15) is 5.82 Å². The van der Waals surface area contributed by atoms with Crippen LogP contribution < -0.4 is 5.73 Å². The Kier molecular flexibility index (Phi) is 3.66. The second-order valence-electron chi connectivity index (χ2n) is 5.19. The second kappa shape index (κ2) is 5.59. The van der Waals surface area contributed by atoms with Crippen LogP contribution in [0, 0.1) is 0 Å². The molecule has 0 radical (unpaired) electrons. The minimum Gasteiger partial charge on any atom is -0.367 e. The molecule has 0 saturated carbocycles. The van der Waals surface area contributed by atoms with E-state index in [0.29, 0.717) is 5.92 Å². The first-order valence-corrected chi connectivity index (χ1v) is 6.97. The summed E-state index contributed by atoms with van der Waals surface area (Å²) in [6.45, 7) is 4.02. The van der Waals surface area contributed by atoms with Crippen LogP contribution >= 0.6 is 0 Å². The monoisotopic (exact) mass is 259 g/mol. The lowest BCUT2D eigenvalue weighted by atomic mass is 9.96. The van der Waals surface area contributed by atoms with Crippen molar-refractivity contribution in [3.63, 3.8) is 0 Å². The smallest absolute Gasteiger partial charge is 0.109 e. The summed E-state index contributed by atoms with van der Waals surface area (Å²) < 4.78 is 0. The molecule has 19 heavy (non-hydrogen) atoms. The Bertz CT molecular complexity index is 494. The van der Waals surface area contributed by atoms with Crippen molar-refractivity contribution in [2.24, 2.45) is 5.73 Å². The van der Waals surface area contributed by atoms with E-state index in [1.165, 1.54) is 18.4 Å². The topological polar surface area (TPSA) is 73.7 Å². The number of nitrogens with zero attached hydrogens (tertiary/aromatic N) is 2. The van der Waals surface area contributed by atoms with Crippen LogP contribution in [0.2, 0.25) is 0 Å². The van der Waals surface area contributed by atoms with Gasteiger partial charge in [-0.15, -0.1) is 0 Å². The molecule has 3 rings (SSSR count). The summed E-state index contributed by atoms with van der Waals surface area (Å²) in [5, 5.41) is 0. The quantitative estimate of drug-likeness (QED) is 0.780. The second-order valence-corrected chi connectivity index (χ2v) is 5.19. The molecule has 3 heterocycles. The molecule has 0 bridgehead atoms. The molecule has 0 aromatic carbocycles. The molecule has 1 fully saturated rings. The lowest BCUT2D eigenvalue weighted by Crippen LogP contribution is -2.36. The Morgan fingerprint density at radius 3 is 2.89 bits per heavy atom. The molecule has 0 amide bonds. The van der Waals surface area contributed by atoms with Crippen LogP contribution in [-0.2, 0) is 0 Å². The summed E-state index contributed by atoms with van der Waals surface area (Å²) in [4.78, 5) is 13.5. The number of nitrogens with two attached hydrogens (primary N) is 1. The lowest BCUT2D eigenvalue weighted by molar-refractivity contribution is 0.215. The van der Waals surface area contributed by atoms with Crippen molar-refractivity contribution in [3.8, 4) is 11.3 Å². The average Bonchev–Trinajstić information content (AvgIpc) is 3.11. The molecule has 0 spiro atoms. The predicted octanol–water partition coefficient (Wildman–Crippen LogP) is 1.54. The zero-order valence-corrected chi connectivity index (χ0v) is 11.1. The predicted molar refractivity (Wildman–Crippen MR) is 75.8 cm³/mol. The van der Waals surface area contributed by atoms with Gasteiger partial charge in [0, 0.05) is 37.0 Å². The number of aromatic nitrogens is 3. The third-order valence-electron chi connectivity index (χ3n) is 3.92. The molecule has 4 N–H and O–H groups in total. The number of likely N-dealkylation sites (tertiary alicyclic amines) is 1. The molecule has 2 aromatic rings. The summed E-state index contributed by atoms with van der Waals surface area (Å²) in [7, 11) is 0. The summed E-state index contributed by atoms with van der Waals surface area (Å²) in [5.41, 5.74) is 7.86. The van der Waals surface area contributed by atoms with Crippen LogP contribution in [0.25, 0.3) is 11.3 Å². The van der Waals surface area contributed by atoms with Gasteiger partial charge in [-0.25, -0.2) is 4.98 Å². The third kappa shape index (κ3) is 2.72. The Labute approximate surface area is 113 Å². The van der Waals surface area contributed by atoms with Crippen molar-refractivity contribution < 1.29 is 0 Å². The van der Waals surface area contributed by atoms with Crippen molar-refractivity contribution in [2.45, 2.75) is 18.8 Å². The molecule has 1 aliphatic rings. The number of hydrogen-bond donors (Lipinski definition) is 3. The van der Waals surface area contributed by atoms with Crippen LogP contribution in [-0.4, -0.2) is 46.0 Å².